The Bertz CT molecular complexity index is 755. The molecule has 0 unspecified atom stereocenters. The van der Waals surface area contributed by atoms with Crippen molar-refractivity contribution in [1.29, 1.82) is 0 Å². The van der Waals surface area contributed by atoms with Gasteiger partial charge in [-0.1, -0.05) is 18.2 Å². The van der Waals surface area contributed by atoms with Crippen LogP contribution in [0.4, 0.5) is 10.5 Å². The van der Waals surface area contributed by atoms with Crippen LogP contribution in [-0.4, -0.2) is 33.8 Å². The van der Waals surface area contributed by atoms with E-state index in [2.05, 4.69) is 15.7 Å². The minimum atomic E-state index is -1.13. The molecule has 2 rings (SSSR count). The first-order valence-electron chi connectivity index (χ1n) is 7.25. The Hall–Kier alpha value is -3.16. The summed E-state index contributed by atoms with van der Waals surface area (Å²) in [7, 11) is 1.69. The molecule has 1 atom stereocenters. The molecule has 8 heteroatoms. The lowest BCUT2D eigenvalue weighted by Gasteiger charge is -2.13. The van der Waals surface area contributed by atoms with Gasteiger partial charge < -0.3 is 10.1 Å². The van der Waals surface area contributed by atoms with Gasteiger partial charge >= 0.3 is 12.0 Å². The van der Waals surface area contributed by atoms with Crippen LogP contribution in [0.15, 0.2) is 36.5 Å². The summed E-state index contributed by atoms with van der Waals surface area (Å²) in [5.41, 5.74) is 1.43. The van der Waals surface area contributed by atoms with Gasteiger partial charge in [0.1, 0.15) is 5.56 Å². The van der Waals surface area contributed by atoms with Crippen LogP contribution in [0.3, 0.4) is 0 Å². The molecule has 0 radical (unpaired) electrons. The summed E-state index contributed by atoms with van der Waals surface area (Å²) >= 11 is 0. The Morgan fingerprint density at radius 2 is 1.88 bits per heavy atom. The smallest absolute Gasteiger partial charge is 0.342 e. The number of esters is 1. The molecule has 2 aromatic rings. The molecule has 0 saturated carbocycles. The zero-order chi connectivity index (χ0) is 17.7. The van der Waals surface area contributed by atoms with E-state index in [4.69, 9.17) is 4.74 Å². The number of para-hydroxylation sites is 1. The van der Waals surface area contributed by atoms with Crippen molar-refractivity contribution in [2.45, 2.75) is 20.0 Å². The third-order valence-corrected chi connectivity index (χ3v) is 3.38. The van der Waals surface area contributed by atoms with E-state index in [9.17, 15) is 14.4 Å². The maximum absolute atomic E-state index is 12.0. The Morgan fingerprint density at radius 1 is 1.21 bits per heavy atom. The Morgan fingerprint density at radius 3 is 2.46 bits per heavy atom. The monoisotopic (exact) mass is 330 g/mol. The number of carbonyl (C=O) groups is 3. The number of nitrogens with one attached hydrogen (secondary N) is 2. The molecular weight excluding hydrogens is 312 g/mol. The zero-order valence-electron chi connectivity index (χ0n) is 13.6. The van der Waals surface area contributed by atoms with Crippen LogP contribution in [-0.2, 0) is 16.6 Å². The fraction of sp³-hybridized carbons (Fsp3) is 0.250. The van der Waals surface area contributed by atoms with Gasteiger partial charge in [-0.2, -0.15) is 5.10 Å². The molecule has 0 bridgehead atoms. The lowest BCUT2D eigenvalue weighted by molar-refractivity contribution is -0.127. The molecule has 126 valence electrons. The summed E-state index contributed by atoms with van der Waals surface area (Å²) in [4.78, 5) is 35.7. The molecular formula is C16H18N4O4. The van der Waals surface area contributed by atoms with E-state index in [0.717, 1.165) is 0 Å². The largest absolute Gasteiger partial charge is 0.449 e. The molecule has 1 aromatic carbocycles. The number of ether oxygens (including phenoxy) is 1. The Labute approximate surface area is 138 Å². The van der Waals surface area contributed by atoms with Crippen LogP contribution in [0.5, 0.6) is 0 Å². The topological polar surface area (TPSA) is 102 Å². The quantitative estimate of drug-likeness (QED) is 0.829. The SMILES string of the molecule is Cc1c(C(=O)O[C@H](C)C(=O)NC(=O)Nc2ccccc2)cnn1C. The van der Waals surface area contributed by atoms with Crippen molar-refractivity contribution in [2.24, 2.45) is 7.05 Å². The lowest BCUT2D eigenvalue weighted by atomic mass is 10.2. The highest BCUT2D eigenvalue weighted by Gasteiger charge is 2.23. The van der Waals surface area contributed by atoms with E-state index in [1.54, 1.807) is 44.3 Å². The van der Waals surface area contributed by atoms with Crippen molar-refractivity contribution in [1.82, 2.24) is 15.1 Å². The molecule has 2 N–H and O–H groups in total. The van der Waals surface area contributed by atoms with Gasteiger partial charge in [0.25, 0.3) is 5.91 Å². The average Bonchev–Trinajstić information content (AvgIpc) is 2.87. The van der Waals surface area contributed by atoms with Gasteiger partial charge in [0.2, 0.25) is 0 Å². The normalized spacial score (nSPS) is 11.5. The summed E-state index contributed by atoms with van der Waals surface area (Å²) < 4.78 is 6.58. The first-order valence-corrected chi connectivity index (χ1v) is 7.25. The number of benzene rings is 1. The third kappa shape index (κ3) is 4.19. The molecule has 24 heavy (non-hydrogen) atoms. The molecule has 0 aliphatic heterocycles. The van der Waals surface area contributed by atoms with Gasteiger partial charge in [0, 0.05) is 18.4 Å². The number of amides is 3. The van der Waals surface area contributed by atoms with Crippen LogP contribution in [0, 0.1) is 6.92 Å². The maximum Gasteiger partial charge on any atom is 0.342 e. The Kier molecular flexibility index (Phi) is 5.31. The first kappa shape index (κ1) is 17.2. The van der Waals surface area contributed by atoms with E-state index in [0.29, 0.717) is 11.4 Å². The number of aryl methyl sites for hydroxylation is 1. The standard InChI is InChI=1S/C16H18N4O4/c1-10-13(9-17-20(10)3)15(22)24-11(2)14(21)19-16(23)18-12-7-5-4-6-8-12/h4-9,11H,1-3H3,(H2,18,19,21,23)/t11-/m1/s1. The molecule has 0 aliphatic carbocycles. The predicted octanol–water partition coefficient (Wildman–Crippen LogP) is 1.62. The van der Waals surface area contributed by atoms with Crippen LogP contribution >= 0.6 is 0 Å². The number of urea groups is 1. The maximum atomic E-state index is 12.0. The second-order valence-electron chi connectivity index (χ2n) is 5.12. The van der Waals surface area contributed by atoms with Crippen molar-refractivity contribution >= 4 is 23.6 Å². The van der Waals surface area contributed by atoms with Crippen molar-refractivity contribution in [3.8, 4) is 0 Å². The molecule has 1 aromatic heterocycles. The van der Waals surface area contributed by atoms with Gasteiger partial charge in [-0.15, -0.1) is 0 Å². The Balaban J connectivity index is 1.89. The number of anilines is 1. The number of rotatable bonds is 4. The number of carbonyl (C=O) groups excluding carboxylic acids is 3. The van der Waals surface area contributed by atoms with E-state index >= 15 is 0 Å². The molecule has 0 spiro atoms. The fourth-order valence-electron chi connectivity index (χ4n) is 1.87. The van der Waals surface area contributed by atoms with E-state index in [-0.39, 0.29) is 5.56 Å². The van der Waals surface area contributed by atoms with Crippen LogP contribution in [0.1, 0.15) is 23.0 Å². The van der Waals surface area contributed by atoms with Crippen LogP contribution in [0.2, 0.25) is 0 Å². The van der Waals surface area contributed by atoms with E-state index in [1.807, 2.05) is 0 Å². The number of imide groups is 1. The molecule has 0 saturated heterocycles. The van der Waals surface area contributed by atoms with Crippen molar-refractivity contribution in [3.63, 3.8) is 0 Å². The second kappa shape index (κ2) is 7.40. The summed E-state index contributed by atoms with van der Waals surface area (Å²) in [6.07, 6.45) is 0.239. The number of hydrogen-bond donors (Lipinski definition) is 2. The molecule has 1 heterocycles. The van der Waals surface area contributed by atoms with Crippen molar-refractivity contribution < 1.29 is 19.1 Å². The van der Waals surface area contributed by atoms with Gasteiger partial charge in [0.15, 0.2) is 6.10 Å². The molecule has 0 aliphatic rings. The van der Waals surface area contributed by atoms with Gasteiger partial charge in [-0.3, -0.25) is 14.8 Å². The number of nitrogens with zero attached hydrogens (tertiary/aromatic N) is 2. The summed E-state index contributed by atoms with van der Waals surface area (Å²) in [6.45, 7) is 3.09. The highest BCUT2D eigenvalue weighted by atomic mass is 16.5. The van der Waals surface area contributed by atoms with Crippen LogP contribution < -0.4 is 10.6 Å². The minimum Gasteiger partial charge on any atom is -0.449 e. The van der Waals surface area contributed by atoms with Gasteiger partial charge in [0.05, 0.1) is 6.20 Å². The summed E-state index contributed by atoms with van der Waals surface area (Å²) in [6, 6.07) is 7.95. The lowest BCUT2D eigenvalue weighted by Crippen LogP contribution is -2.41. The summed E-state index contributed by atoms with van der Waals surface area (Å²) in [5.74, 6) is -1.40. The predicted molar refractivity (Wildman–Crippen MR) is 86.4 cm³/mol. The third-order valence-electron chi connectivity index (χ3n) is 3.38. The highest BCUT2D eigenvalue weighted by Crippen LogP contribution is 2.09. The molecule has 8 nitrogen and oxygen atoms in total. The molecule has 0 fully saturated rings. The summed E-state index contributed by atoms with van der Waals surface area (Å²) in [5, 5.41) is 8.55. The number of aromatic nitrogens is 2. The first-order chi connectivity index (χ1) is 11.4. The van der Waals surface area contributed by atoms with Gasteiger partial charge in [-0.05, 0) is 26.0 Å². The van der Waals surface area contributed by atoms with Crippen molar-refractivity contribution in [2.75, 3.05) is 5.32 Å². The van der Waals surface area contributed by atoms with Crippen molar-refractivity contribution in [3.05, 3.63) is 47.8 Å². The fourth-order valence-corrected chi connectivity index (χ4v) is 1.87. The van der Waals surface area contributed by atoms with E-state index in [1.165, 1.54) is 17.8 Å². The molecule has 3 amide bonds. The average molecular weight is 330 g/mol. The second-order valence-corrected chi connectivity index (χ2v) is 5.12. The zero-order valence-corrected chi connectivity index (χ0v) is 13.6. The highest BCUT2D eigenvalue weighted by molar-refractivity contribution is 6.03. The van der Waals surface area contributed by atoms with Crippen LogP contribution in [0.25, 0.3) is 0 Å². The minimum absolute atomic E-state index is 0.269. The van der Waals surface area contributed by atoms with E-state index < -0.39 is 24.0 Å². The number of hydrogen-bond acceptors (Lipinski definition) is 5. The van der Waals surface area contributed by atoms with Gasteiger partial charge in [-0.25, -0.2) is 9.59 Å².